The van der Waals surface area contributed by atoms with Gasteiger partial charge in [-0.2, -0.15) is 0 Å². The van der Waals surface area contributed by atoms with Crippen molar-refractivity contribution < 1.29 is 9.53 Å². The number of rotatable bonds is 5. The molecule has 16 heavy (non-hydrogen) atoms. The molecule has 1 aromatic carbocycles. The van der Waals surface area contributed by atoms with E-state index in [0.717, 1.165) is 23.1 Å². The molecule has 1 aromatic rings. The van der Waals surface area contributed by atoms with Crippen LogP contribution >= 0.6 is 15.9 Å². The number of carbonyl (C=O) groups is 1. The van der Waals surface area contributed by atoms with Crippen LogP contribution in [0.25, 0.3) is 0 Å². The molecule has 2 rings (SSSR count). The second kappa shape index (κ2) is 5.34. The third-order valence-corrected chi connectivity index (χ3v) is 3.02. The molecule has 1 fully saturated rings. The van der Waals surface area contributed by atoms with Crippen LogP contribution in [0.3, 0.4) is 0 Å². The molecule has 1 saturated carbocycles. The highest BCUT2D eigenvalue weighted by Crippen LogP contribution is 2.23. The number of amides is 1. The van der Waals surface area contributed by atoms with E-state index in [-0.39, 0.29) is 5.91 Å². The SMILES string of the molecule is O=C(CCOc1ccccc1Br)NC1CC1. The number of hydrogen-bond donors (Lipinski definition) is 1. The molecule has 86 valence electrons. The van der Waals surface area contributed by atoms with Crippen LogP contribution in [0.4, 0.5) is 0 Å². The van der Waals surface area contributed by atoms with Crippen LogP contribution in [-0.2, 0) is 4.79 Å². The fourth-order valence-corrected chi connectivity index (χ4v) is 1.74. The van der Waals surface area contributed by atoms with Crippen molar-refractivity contribution in [3.05, 3.63) is 28.7 Å². The van der Waals surface area contributed by atoms with Gasteiger partial charge in [-0.3, -0.25) is 4.79 Å². The zero-order valence-electron chi connectivity index (χ0n) is 8.91. The Hall–Kier alpha value is -1.03. The minimum Gasteiger partial charge on any atom is -0.492 e. The van der Waals surface area contributed by atoms with Crippen molar-refractivity contribution in [3.8, 4) is 5.75 Å². The molecule has 0 aliphatic heterocycles. The van der Waals surface area contributed by atoms with Crippen molar-refractivity contribution in [3.63, 3.8) is 0 Å². The van der Waals surface area contributed by atoms with Crippen molar-refractivity contribution in [1.82, 2.24) is 5.32 Å². The zero-order chi connectivity index (χ0) is 11.4. The van der Waals surface area contributed by atoms with Crippen LogP contribution in [-0.4, -0.2) is 18.6 Å². The first-order valence-corrected chi connectivity index (χ1v) is 6.21. The first-order chi connectivity index (χ1) is 7.75. The third kappa shape index (κ3) is 3.52. The van der Waals surface area contributed by atoms with Crippen molar-refractivity contribution in [1.29, 1.82) is 0 Å². The van der Waals surface area contributed by atoms with E-state index >= 15 is 0 Å². The van der Waals surface area contributed by atoms with Gasteiger partial charge in [0.1, 0.15) is 5.75 Å². The molecule has 0 bridgehead atoms. The number of carbonyl (C=O) groups excluding carboxylic acids is 1. The quantitative estimate of drug-likeness (QED) is 0.902. The van der Waals surface area contributed by atoms with Gasteiger partial charge < -0.3 is 10.1 Å². The molecule has 0 atom stereocenters. The number of hydrogen-bond acceptors (Lipinski definition) is 2. The molecule has 1 aliphatic rings. The first-order valence-electron chi connectivity index (χ1n) is 5.42. The minimum atomic E-state index is 0.0783. The molecule has 0 saturated heterocycles. The van der Waals surface area contributed by atoms with Gasteiger partial charge in [0, 0.05) is 6.04 Å². The Morgan fingerprint density at radius 3 is 2.88 bits per heavy atom. The third-order valence-electron chi connectivity index (χ3n) is 2.37. The van der Waals surface area contributed by atoms with E-state index in [4.69, 9.17) is 4.74 Å². The number of benzene rings is 1. The molecule has 3 nitrogen and oxygen atoms in total. The Labute approximate surface area is 103 Å². The average molecular weight is 284 g/mol. The van der Waals surface area contributed by atoms with Gasteiger partial charge >= 0.3 is 0 Å². The van der Waals surface area contributed by atoms with Gasteiger partial charge in [-0.1, -0.05) is 12.1 Å². The lowest BCUT2D eigenvalue weighted by Gasteiger charge is -2.07. The lowest BCUT2D eigenvalue weighted by molar-refractivity contribution is -0.121. The fraction of sp³-hybridized carbons (Fsp3) is 0.417. The molecule has 0 unspecified atom stereocenters. The molecular weight excluding hydrogens is 270 g/mol. The van der Waals surface area contributed by atoms with Crippen LogP contribution in [0, 0.1) is 0 Å². The monoisotopic (exact) mass is 283 g/mol. The Morgan fingerprint density at radius 2 is 2.19 bits per heavy atom. The molecule has 0 heterocycles. The van der Waals surface area contributed by atoms with Crippen LogP contribution in [0.1, 0.15) is 19.3 Å². The summed E-state index contributed by atoms with van der Waals surface area (Å²) >= 11 is 3.39. The summed E-state index contributed by atoms with van der Waals surface area (Å²) in [7, 11) is 0. The van der Waals surface area contributed by atoms with Crippen LogP contribution in [0.2, 0.25) is 0 Å². The van der Waals surface area contributed by atoms with E-state index in [0.29, 0.717) is 19.1 Å². The lowest BCUT2D eigenvalue weighted by atomic mass is 10.3. The fourth-order valence-electron chi connectivity index (χ4n) is 1.34. The highest BCUT2D eigenvalue weighted by Gasteiger charge is 2.22. The van der Waals surface area contributed by atoms with Crippen LogP contribution in [0.15, 0.2) is 28.7 Å². The second-order valence-corrected chi connectivity index (χ2v) is 4.73. The molecule has 4 heteroatoms. The topological polar surface area (TPSA) is 38.3 Å². The van der Waals surface area contributed by atoms with E-state index in [9.17, 15) is 4.79 Å². The van der Waals surface area contributed by atoms with E-state index in [1.165, 1.54) is 0 Å². The number of para-hydroxylation sites is 1. The standard InChI is InChI=1S/C12H14BrNO2/c13-10-3-1-2-4-11(10)16-8-7-12(15)14-9-5-6-9/h1-4,9H,5-8H2,(H,14,15). The molecule has 0 spiro atoms. The molecule has 1 N–H and O–H groups in total. The van der Waals surface area contributed by atoms with Crippen molar-refractivity contribution >= 4 is 21.8 Å². The van der Waals surface area contributed by atoms with Crippen LogP contribution < -0.4 is 10.1 Å². The predicted molar refractivity (Wildman–Crippen MR) is 65.4 cm³/mol. The van der Waals surface area contributed by atoms with Crippen LogP contribution in [0.5, 0.6) is 5.75 Å². The normalized spacial score (nSPS) is 14.6. The summed E-state index contributed by atoms with van der Waals surface area (Å²) in [5, 5.41) is 2.92. The Balaban J connectivity index is 1.70. The summed E-state index contributed by atoms with van der Waals surface area (Å²) in [4.78, 5) is 11.4. The minimum absolute atomic E-state index is 0.0783. The zero-order valence-corrected chi connectivity index (χ0v) is 10.5. The Kier molecular flexibility index (Phi) is 3.83. The van der Waals surface area contributed by atoms with Crippen molar-refractivity contribution in [2.75, 3.05) is 6.61 Å². The van der Waals surface area contributed by atoms with Crippen molar-refractivity contribution in [2.45, 2.75) is 25.3 Å². The first kappa shape index (κ1) is 11.5. The van der Waals surface area contributed by atoms with Crippen molar-refractivity contribution in [2.24, 2.45) is 0 Å². The highest BCUT2D eigenvalue weighted by atomic mass is 79.9. The summed E-state index contributed by atoms with van der Waals surface area (Å²) in [5.74, 6) is 0.858. The molecule has 1 aliphatic carbocycles. The summed E-state index contributed by atoms with van der Waals surface area (Å²) in [6.45, 7) is 0.418. The Morgan fingerprint density at radius 1 is 1.44 bits per heavy atom. The van der Waals surface area contributed by atoms with E-state index in [1.54, 1.807) is 0 Å². The summed E-state index contributed by atoms with van der Waals surface area (Å²) in [5.41, 5.74) is 0. The largest absolute Gasteiger partial charge is 0.492 e. The van der Waals surface area contributed by atoms with E-state index < -0.39 is 0 Å². The number of ether oxygens (including phenoxy) is 1. The van der Waals surface area contributed by atoms with Gasteiger partial charge in [0.25, 0.3) is 0 Å². The highest BCUT2D eigenvalue weighted by molar-refractivity contribution is 9.10. The molecule has 1 amide bonds. The number of nitrogens with one attached hydrogen (secondary N) is 1. The summed E-state index contributed by atoms with van der Waals surface area (Å²) in [6, 6.07) is 8.06. The maximum atomic E-state index is 11.4. The lowest BCUT2D eigenvalue weighted by Crippen LogP contribution is -2.26. The van der Waals surface area contributed by atoms with E-state index in [1.807, 2.05) is 24.3 Å². The smallest absolute Gasteiger partial charge is 0.223 e. The van der Waals surface area contributed by atoms with Gasteiger partial charge in [0.15, 0.2) is 0 Å². The predicted octanol–water partition coefficient (Wildman–Crippen LogP) is 2.50. The maximum absolute atomic E-state index is 11.4. The van der Waals surface area contributed by atoms with Gasteiger partial charge in [0.05, 0.1) is 17.5 Å². The summed E-state index contributed by atoms with van der Waals surface area (Å²) in [6.07, 6.45) is 2.66. The van der Waals surface area contributed by atoms with Gasteiger partial charge in [0.2, 0.25) is 5.91 Å². The molecule has 0 aromatic heterocycles. The number of halogens is 1. The Bertz CT molecular complexity index is 377. The maximum Gasteiger partial charge on any atom is 0.223 e. The van der Waals surface area contributed by atoms with Gasteiger partial charge in [-0.25, -0.2) is 0 Å². The van der Waals surface area contributed by atoms with Gasteiger partial charge in [-0.05, 0) is 40.9 Å². The average Bonchev–Trinajstić information content (AvgIpc) is 3.05. The summed E-state index contributed by atoms with van der Waals surface area (Å²) < 4.78 is 6.42. The second-order valence-electron chi connectivity index (χ2n) is 3.87. The van der Waals surface area contributed by atoms with Gasteiger partial charge in [-0.15, -0.1) is 0 Å². The molecule has 0 radical (unpaired) electrons. The molecular formula is C12H14BrNO2. The van der Waals surface area contributed by atoms with E-state index in [2.05, 4.69) is 21.2 Å².